The van der Waals surface area contributed by atoms with Crippen LogP contribution in [0.25, 0.3) is 0 Å². The van der Waals surface area contributed by atoms with E-state index in [1.807, 2.05) is 6.92 Å². The van der Waals surface area contributed by atoms with E-state index in [0.717, 1.165) is 5.56 Å². The van der Waals surface area contributed by atoms with Crippen LogP contribution in [0.5, 0.6) is 0 Å². The van der Waals surface area contributed by atoms with Crippen LogP contribution in [0.1, 0.15) is 26.5 Å². The van der Waals surface area contributed by atoms with Gasteiger partial charge in [0.25, 0.3) is 5.91 Å². The average Bonchev–Trinajstić information content (AvgIpc) is 2.41. The standard InChI is InChI=1S/C13H11N3O3/c1-8-7-14-6-5-9(8)16-12(17)10-3-2-4-11(15-10)13(18)19/h2-7H,1H3,(H,18,19)(H,14,16,17). The van der Waals surface area contributed by atoms with E-state index in [9.17, 15) is 9.59 Å². The summed E-state index contributed by atoms with van der Waals surface area (Å²) in [6.45, 7) is 1.81. The molecule has 1 amide bonds. The SMILES string of the molecule is Cc1cnccc1NC(=O)c1cccc(C(=O)O)n1. The zero-order chi connectivity index (χ0) is 13.8. The lowest BCUT2D eigenvalue weighted by Crippen LogP contribution is -2.16. The van der Waals surface area contributed by atoms with Crippen molar-refractivity contribution in [3.8, 4) is 0 Å². The maximum atomic E-state index is 12.0. The summed E-state index contributed by atoms with van der Waals surface area (Å²) in [5.74, 6) is -1.63. The minimum atomic E-state index is -1.17. The lowest BCUT2D eigenvalue weighted by molar-refractivity contribution is 0.0690. The summed E-state index contributed by atoms with van der Waals surface area (Å²) in [5.41, 5.74) is 1.31. The van der Waals surface area contributed by atoms with E-state index < -0.39 is 11.9 Å². The first-order valence-electron chi connectivity index (χ1n) is 5.50. The lowest BCUT2D eigenvalue weighted by atomic mass is 10.2. The molecule has 2 aromatic rings. The van der Waals surface area contributed by atoms with Gasteiger partial charge in [-0.1, -0.05) is 6.07 Å². The number of rotatable bonds is 3. The van der Waals surface area contributed by atoms with Gasteiger partial charge in [0.15, 0.2) is 0 Å². The van der Waals surface area contributed by atoms with E-state index in [1.54, 1.807) is 18.5 Å². The second-order valence-electron chi connectivity index (χ2n) is 3.86. The Bertz CT molecular complexity index is 641. The van der Waals surface area contributed by atoms with Crippen LogP contribution in [0.4, 0.5) is 5.69 Å². The highest BCUT2D eigenvalue weighted by Crippen LogP contribution is 2.13. The smallest absolute Gasteiger partial charge is 0.354 e. The summed E-state index contributed by atoms with van der Waals surface area (Å²) in [7, 11) is 0. The Morgan fingerprint density at radius 3 is 2.63 bits per heavy atom. The van der Waals surface area contributed by atoms with Gasteiger partial charge >= 0.3 is 5.97 Å². The molecule has 2 N–H and O–H groups in total. The van der Waals surface area contributed by atoms with E-state index in [4.69, 9.17) is 5.11 Å². The number of anilines is 1. The highest BCUT2D eigenvalue weighted by atomic mass is 16.4. The van der Waals surface area contributed by atoms with Crippen LogP contribution < -0.4 is 5.32 Å². The quantitative estimate of drug-likeness (QED) is 0.873. The Labute approximate surface area is 109 Å². The zero-order valence-corrected chi connectivity index (χ0v) is 10.1. The van der Waals surface area contributed by atoms with Crippen molar-refractivity contribution in [3.05, 3.63) is 53.6 Å². The molecule has 0 radical (unpaired) electrons. The zero-order valence-electron chi connectivity index (χ0n) is 10.1. The van der Waals surface area contributed by atoms with Crippen molar-refractivity contribution >= 4 is 17.6 Å². The maximum Gasteiger partial charge on any atom is 0.354 e. The second kappa shape index (κ2) is 5.26. The number of hydrogen-bond donors (Lipinski definition) is 2. The van der Waals surface area contributed by atoms with Crippen LogP contribution in [-0.2, 0) is 0 Å². The molecule has 0 unspecified atom stereocenters. The molecule has 0 aliphatic carbocycles. The van der Waals surface area contributed by atoms with Gasteiger partial charge in [0.2, 0.25) is 0 Å². The number of pyridine rings is 2. The number of carboxylic acids is 1. The fourth-order valence-corrected chi connectivity index (χ4v) is 1.48. The molecule has 0 aliphatic heterocycles. The monoisotopic (exact) mass is 257 g/mol. The largest absolute Gasteiger partial charge is 0.477 e. The minimum absolute atomic E-state index is 0.0520. The molecule has 2 rings (SSSR count). The molecule has 0 spiro atoms. The van der Waals surface area contributed by atoms with Gasteiger partial charge in [-0.3, -0.25) is 9.78 Å². The lowest BCUT2D eigenvalue weighted by Gasteiger charge is -2.07. The summed E-state index contributed by atoms with van der Waals surface area (Å²) >= 11 is 0. The molecule has 0 aliphatic rings. The van der Waals surface area contributed by atoms with Gasteiger partial charge in [0.05, 0.1) is 0 Å². The van der Waals surface area contributed by atoms with Crippen molar-refractivity contribution in [1.82, 2.24) is 9.97 Å². The number of nitrogens with zero attached hydrogens (tertiary/aromatic N) is 2. The van der Waals surface area contributed by atoms with E-state index in [2.05, 4.69) is 15.3 Å². The third-order valence-corrected chi connectivity index (χ3v) is 2.47. The van der Waals surface area contributed by atoms with E-state index in [0.29, 0.717) is 5.69 Å². The first kappa shape index (κ1) is 12.7. The molecule has 2 aromatic heterocycles. The Hall–Kier alpha value is -2.76. The van der Waals surface area contributed by atoms with Crippen molar-refractivity contribution in [2.75, 3.05) is 5.32 Å². The fraction of sp³-hybridized carbons (Fsp3) is 0.0769. The Kier molecular flexibility index (Phi) is 3.51. The predicted molar refractivity (Wildman–Crippen MR) is 68.1 cm³/mol. The van der Waals surface area contributed by atoms with Crippen molar-refractivity contribution in [2.24, 2.45) is 0 Å². The molecule has 0 atom stereocenters. The Balaban J connectivity index is 2.23. The van der Waals surface area contributed by atoms with Gasteiger partial charge in [0.1, 0.15) is 11.4 Å². The van der Waals surface area contributed by atoms with E-state index >= 15 is 0 Å². The van der Waals surface area contributed by atoms with Crippen molar-refractivity contribution in [3.63, 3.8) is 0 Å². The number of hydrogen-bond acceptors (Lipinski definition) is 4. The number of amides is 1. The van der Waals surface area contributed by atoms with Crippen LogP contribution in [0.3, 0.4) is 0 Å². The number of nitrogens with one attached hydrogen (secondary N) is 1. The first-order valence-corrected chi connectivity index (χ1v) is 5.50. The summed E-state index contributed by atoms with van der Waals surface area (Å²) in [5, 5.41) is 11.5. The molecular weight excluding hydrogens is 246 g/mol. The maximum absolute atomic E-state index is 12.0. The summed E-state index contributed by atoms with van der Waals surface area (Å²) < 4.78 is 0. The first-order chi connectivity index (χ1) is 9.08. The molecule has 0 aromatic carbocycles. The normalized spacial score (nSPS) is 9.95. The van der Waals surface area contributed by atoms with Crippen molar-refractivity contribution in [2.45, 2.75) is 6.92 Å². The van der Waals surface area contributed by atoms with Crippen LogP contribution >= 0.6 is 0 Å². The van der Waals surface area contributed by atoms with Gasteiger partial charge in [-0.2, -0.15) is 0 Å². The third kappa shape index (κ3) is 2.92. The highest BCUT2D eigenvalue weighted by Gasteiger charge is 2.12. The van der Waals surface area contributed by atoms with E-state index in [1.165, 1.54) is 18.2 Å². The van der Waals surface area contributed by atoms with Gasteiger partial charge < -0.3 is 10.4 Å². The molecule has 0 fully saturated rings. The highest BCUT2D eigenvalue weighted by molar-refractivity contribution is 6.03. The van der Waals surface area contributed by atoms with E-state index in [-0.39, 0.29) is 11.4 Å². The van der Waals surface area contributed by atoms with Crippen LogP contribution in [0, 0.1) is 6.92 Å². The summed E-state index contributed by atoms with van der Waals surface area (Å²) in [6, 6.07) is 5.92. The average molecular weight is 257 g/mol. The van der Waals surface area contributed by atoms with Gasteiger partial charge in [-0.05, 0) is 30.7 Å². The Morgan fingerprint density at radius 1 is 1.21 bits per heavy atom. The summed E-state index contributed by atoms with van der Waals surface area (Å²) in [6.07, 6.45) is 3.18. The number of aromatic carboxylic acids is 1. The van der Waals surface area contributed by atoms with Gasteiger partial charge in [0, 0.05) is 18.1 Å². The topological polar surface area (TPSA) is 92.2 Å². The molecule has 0 saturated heterocycles. The number of carbonyl (C=O) groups excluding carboxylic acids is 1. The second-order valence-corrected chi connectivity index (χ2v) is 3.86. The molecule has 0 bridgehead atoms. The molecule has 2 heterocycles. The molecule has 6 heteroatoms. The summed E-state index contributed by atoms with van der Waals surface area (Å²) in [4.78, 5) is 30.4. The van der Waals surface area contributed by atoms with Crippen molar-refractivity contribution in [1.29, 1.82) is 0 Å². The molecular formula is C13H11N3O3. The number of aromatic nitrogens is 2. The number of carbonyl (C=O) groups is 2. The third-order valence-electron chi connectivity index (χ3n) is 2.47. The molecule has 19 heavy (non-hydrogen) atoms. The van der Waals surface area contributed by atoms with Crippen molar-refractivity contribution < 1.29 is 14.7 Å². The molecule has 6 nitrogen and oxygen atoms in total. The van der Waals surface area contributed by atoms with Crippen LogP contribution in [0.15, 0.2) is 36.7 Å². The molecule has 0 saturated carbocycles. The Morgan fingerprint density at radius 2 is 1.95 bits per heavy atom. The molecule has 96 valence electrons. The predicted octanol–water partition coefficient (Wildman–Crippen LogP) is 1.74. The van der Waals surface area contributed by atoms with Crippen LogP contribution in [0.2, 0.25) is 0 Å². The minimum Gasteiger partial charge on any atom is -0.477 e. The number of carboxylic acid groups (broad SMARTS) is 1. The van der Waals surface area contributed by atoms with Gasteiger partial charge in [-0.25, -0.2) is 9.78 Å². The van der Waals surface area contributed by atoms with Gasteiger partial charge in [-0.15, -0.1) is 0 Å². The number of aryl methyl sites for hydroxylation is 1. The fourth-order valence-electron chi connectivity index (χ4n) is 1.48. The van der Waals surface area contributed by atoms with Crippen LogP contribution in [-0.4, -0.2) is 27.0 Å².